The van der Waals surface area contributed by atoms with Crippen LogP contribution in [-0.4, -0.2) is 48.4 Å². The maximum atomic E-state index is 12.9. The van der Waals surface area contributed by atoms with E-state index in [2.05, 4.69) is 10.6 Å². The molecule has 10 heteroatoms. The molecule has 1 aliphatic carbocycles. The second-order valence-electron chi connectivity index (χ2n) is 8.55. The predicted molar refractivity (Wildman–Crippen MR) is 122 cm³/mol. The van der Waals surface area contributed by atoms with E-state index in [4.69, 9.17) is 9.84 Å². The highest BCUT2D eigenvalue weighted by Gasteiger charge is 2.40. The minimum absolute atomic E-state index is 0.112. The van der Waals surface area contributed by atoms with Crippen LogP contribution in [0.25, 0.3) is 11.1 Å². The molecule has 3 N–H and O–H groups in total. The Morgan fingerprint density at radius 3 is 2.11 bits per heavy atom. The van der Waals surface area contributed by atoms with Gasteiger partial charge in [0.15, 0.2) is 0 Å². The lowest BCUT2D eigenvalue weighted by molar-refractivity contribution is -0.184. The fourth-order valence-corrected chi connectivity index (χ4v) is 4.22. The first-order chi connectivity index (χ1) is 16.6. The molecule has 1 aliphatic rings. The summed E-state index contributed by atoms with van der Waals surface area (Å²) < 4.78 is 44.0. The van der Waals surface area contributed by atoms with Crippen molar-refractivity contribution in [1.82, 2.24) is 10.6 Å². The van der Waals surface area contributed by atoms with Gasteiger partial charge in [0.25, 0.3) is 0 Å². The smallest absolute Gasteiger partial charge is 0.407 e. The topological polar surface area (TPSA) is 105 Å². The molecular weight excluding hydrogens is 465 g/mol. The number of hydrogen-bond acceptors (Lipinski definition) is 4. The minimum atomic E-state index is -4.66. The zero-order chi connectivity index (χ0) is 25.6. The van der Waals surface area contributed by atoms with Gasteiger partial charge in [-0.2, -0.15) is 13.2 Å². The first-order valence-electron chi connectivity index (χ1n) is 11.2. The third kappa shape index (κ3) is 6.97. The van der Waals surface area contributed by atoms with E-state index in [1.165, 1.54) is 0 Å². The van der Waals surface area contributed by atoms with Gasteiger partial charge in [0.2, 0.25) is 5.91 Å². The average Bonchev–Trinajstić information content (AvgIpc) is 3.10. The van der Waals surface area contributed by atoms with Crippen molar-refractivity contribution in [2.45, 2.75) is 44.3 Å². The summed E-state index contributed by atoms with van der Waals surface area (Å²) in [5.41, 5.74) is 4.32. The molecule has 2 aromatic carbocycles. The summed E-state index contributed by atoms with van der Waals surface area (Å²) >= 11 is 0. The molecule has 0 heterocycles. The van der Waals surface area contributed by atoms with Crippen LogP contribution in [0.2, 0.25) is 0 Å². The van der Waals surface area contributed by atoms with Gasteiger partial charge in [0.05, 0.1) is 12.3 Å². The minimum Gasteiger partial charge on any atom is -0.481 e. The molecule has 0 saturated heterocycles. The largest absolute Gasteiger partial charge is 0.481 e. The third-order valence-electron chi connectivity index (χ3n) is 5.90. The standard InChI is InChI=1S/C25H27F3N2O5/c1-15(12-22(31)29-11-10-16(13-23(32)33)25(26,27)28)30-24(34)35-14-21-19-8-4-2-6-17(19)18-7-3-5-9-20(18)21/h2-9,15-16,21H,10-14H2,1H3,(H,29,31)(H,30,34)(H,32,33)/t15-,16?/m0/s1. The summed E-state index contributed by atoms with van der Waals surface area (Å²) in [7, 11) is 0. The molecular formula is C25H27F3N2O5. The number of halogens is 3. The van der Waals surface area contributed by atoms with Crippen LogP contribution in [0.15, 0.2) is 48.5 Å². The molecule has 3 rings (SSSR count). The second-order valence-corrected chi connectivity index (χ2v) is 8.55. The molecule has 35 heavy (non-hydrogen) atoms. The Hall–Kier alpha value is -3.56. The van der Waals surface area contributed by atoms with Gasteiger partial charge < -0.3 is 20.5 Å². The monoisotopic (exact) mass is 492 g/mol. The van der Waals surface area contributed by atoms with Crippen molar-refractivity contribution in [1.29, 1.82) is 0 Å². The summed E-state index contributed by atoms with van der Waals surface area (Å²) in [6.45, 7) is 1.36. The fraction of sp³-hybridized carbons (Fsp3) is 0.400. The Kier molecular flexibility index (Phi) is 8.37. The average molecular weight is 492 g/mol. The van der Waals surface area contributed by atoms with Crippen LogP contribution < -0.4 is 10.6 Å². The van der Waals surface area contributed by atoms with Crippen molar-refractivity contribution in [3.05, 3.63) is 59.7 Å². The van der Waals surface area contributed by atoms with Gasteiger partial charge in [0, 0.05) is 24.9 Å². The van der Waals surface area contributed by atoms with E-state index in [0.29, 0.717) is 0 Å². The number of carbonyl (C=O) groups excluding carboxylic acids is 2. The Morgan fingerprint density at radius 2 is 1.57 bits per heavy atom. The summed E-state index contributed by atoms with van der Waals surface area (Å²) in [5, 5.41) is 13.5. The Morgan fingerprint density at radius 1 is 1.00 bits per heavy atom. The van der Waals surface area contributed by atoms with Gasteiger partial charge in [-0.1, -0.05) is 48.5 Å². The van der Waals surface area contributed by atoms with Crippen LogP contribution in [0.3, 0.4) is 0 Å². The highest BCUT2D eigenvalue weighted by atomic mass is 19.4. The lowest BCUT2D eigenvalue weighted by Gasteiger charge is -2.19. The number of alkyl halides is 3. The molecule has 0 aromatic heterocycles. The SMILES string of the molecule is C[C@@H](CC(=O)NCCC(CC(=O)O)C(F)(F)F)NC(=O)OCC1c2ccccc2-c2ccccc21. The lowest BCUT2D eigenvalue weighted by Crippen LogP contribution is -2.39. The van der Waals surface area contributed by atoms with Gasteiger partial charge in [-0.3, -0.25) is 9.59 Å². The highest BCUT2D eigenvalue weighted by Crippen LogP contribution is 2.44. The number of ether oxygens (including phenoxy) is 1. The number of amides is 2. The van der Waals surface area contributed by atoms with Crippen LogP contribution in [0.4, 0.5) is 18.0 Å². The van der Waals surface area contributed by atoms with Gasteiger partial charge in [-0.05, 0) is 35.6 Å². The molecule has 1 unspecified atom stereocenters. The molecule has 0 aliphatic heterocycles. The first-order valence-corrected chi connectivity index (χ1v) is 11.2. The van der Waals surface area contributed by atoms with E-state index in [1.54, 1.807) is 6.92 Å². The van der Waals surface area contributed by atoms with E-state index >= 15 is 0 Å². The predicted octanol–water partition coefficient (Wildman–Crippen LogP) is 4.46. The van der Waals surface area contributed by atoms with E-state index in [1.807, 2.05) is 48.5 Å². The van der Waals surface area contributed by atoms with E-state index in [0.717, 1.165) is 22.3 Å². The second kappa shape index (κ2) is 11.2. The number of rotatable bonds is 10. The maximum absolute atomic E-state index is 12.9. The molecule has 0 fully saturated rings. The Labute approximate surface area is 200 Å². The van der Waals surface area contributed by atoms with Crippen molar-refractivity contribution in [2.75, 3.05) is 13.2 Å². The molecule has 188 valence electrons. The number of fused-ring (bicyclic) bond motifs is 3. The summed E-state index contributed by atoms with van der Waals surface area (Å²) in [6.07, 6.45) is -7.14. The summed E-state index contributed by atoms with van der Waals surface area (Å²) in [6, 6.07) is 15.2. The normalized spacial score (nSPS) is 14.4. The van der Waals surface area contributed by atoms with Crippen molar-refractivity contribution < 1.29 is 37.4 Å². The molecule has 0 spiro atoms. The number of aliphatic carboxylic acids is 1. The molecule has 2 amide bonds. The lowest BCUT2D eigenvalue weighted by atomic mass is 9.98. The van der Waals surface area contributed by atoms with Crippen molar-refractivity contribution in [3.8, 4) is 11.1 Å². The van der Waals surface area contributed by atoms with Crippen LogP contribution in [-0.2, 0) is 14.3 Å². The number of carboxylic acids is 1. The van der Waals surface area contributed by atoms with Gasteiger partial charge in [0.1, 0.15) is 6.61 Å². The zero-order valence-electron chi connectivity index (χ0n) is 19.1. The highest BCUT2D eigenvalue weighted by molar-refractivity contribution is 5.79. The third-order valence-corrected chi connectivity index (χ3v) is 5.90. The van der Waals surface area contributed by atoms with Crippen molar-refractivity contribution in [3.63, 3.8) is 0 Å². The molecule has 7 nitrogen and oxygen atoms in total. The number of carboxylic acid groups (broad SMARTS) is 1. The van der Waals surface area contributed by atoms with Crippen molar-refractivity contribution >= 4 is 18.0 Å². The molecule has 2 atom stereocenters. The van der Waals surface area contributed by atoms with E-state index < -0.39 is 48.9 Å². The molecule has 0 radical (unpaired) electrons. The number of hydrogen-bond donors (Lipinski definition) is 3. The number of carbonyl (C=O) groups is 3. The van der Waals surface area contributed by atoms with E-state index in [9.17, 15) is 27.6 Å². The molecule has 2 aromatic rings. The van der Waals surface area contributed by atoms with E-state index in [-0.39, 0.29) is 25.5 Å². The molecule has 0 bridgehead atoms. The fourth-order valence-electron chi connectivity index (χ4n) is 4.22. The maximum Gasteiger partial charge on any atom is 0.407 e. The number of alkyl carbamates (subject to hydrolysis) is 1. The van der Waals surface area contributed by atoms with Crippen LogP contribution in [0.5, 0.6) is 0 Å². The van der Waals surface area contributed by atoms with Crippen molar-refractivity contribution in [2.24, 2.45) is 5.92 Å². The van der Waals surface area contributed by atoms with Gasteiger partial charge in [-0.25, -0.2) is 4.79 Å². The van der Waals surface area contributed by atoms with Gasteiger partial charge >= 0.3 is 18.2 Å². The van der Waals surface area contributed by atoms with Crippen LogP contribution in [0.1, 0.15) is 43.2 Å². The van der Waals surface area contributed by atoms with Crippen LogP contribution in [0, 0.1) is 5.92 Å². The first kappa shape index (κ1) is 26.1. The van der Waals surface area contributed by atoms with Crippen LogP contribution >= 0.6 is 0 Å². The van der Waals surface area contributed by atoms with Gasteiger partial charge in [-0.15, -0.1) is 0 Å². The zero-order valence-corrected chi connectivity index (χ0v) is 19.1. The summed E-state index contributed by atoms with van der Waals surface area (Å²) in [4.78, 5) is 34.9. The molecule has 0 saturated carbocycles. The number of nitrogens with one attached hydrogen (secondary N) is 2. The Bertz CT molecular complexity index is 1030. The quantitative estimate of drug-likeness (QED) is 0.454. The summed E-state index contributed by atoms with van der Waals surface area (Å²) in [5.74, 6) is -4.27. The Balaban J connectivity index is 1.44. The number of benzene rings is 2.